The molecule has 122 valence electrons. The van der Waals surface area contributed by atoms with E-state index in [1.54, 1.807) is 12.1 Å². The molecule has 0 radical (unpaired) electrons. The molecule has 0 aliphatic rings. The first-order valence-electron chi connectivity index (χ1n) is 6.66. The van der Waals surface area contributed by atoms with Gasteiger partial charge in [-0.1, -0.05) is 6.07 Å². The molecule has 0 aliphatic carbocycles. The molecule has 0 unspecified atom stereocenters. The van der Waals surface area contributed by atoms with Crippen LogP contribution in [0.5, 0.6) is 0 Å². The minimum absolute atomic E-state index is 0.0140. The molecule has 0 aliphatic heterocycles. The number of esters is 1. The molecule has 24 heavy (non-hydrogen) atoms. The largest absolute Gasteiger partial charge is 0.465 e. The number of nitrogens with zero attached hydrogens (tertiary/aromatic N) is 2. The summed E-state index contributed by atoms with van der Waals surface area (Å²) in [6, 6.07) is 7.17. The maximum absolute atomic E-state index is 13.7. The van der Waals surface area contributed by atoms with Crippen LogP contribution < -0.4 is 0 Å². The number of carbonyl (C=O) groups is 1. The zero-order valence-electron chi connectivity index (χ0n) is 12.2. The third-order valence-corrected chi connectivity index (χ3v) is 3.20. The lowest BCUT2D eigenvalue weighted by atomic mass is 10.1. The number of carbonyl (C=O) groups excluding carboxylic acids is 1. The van der Waals surface area contributed by atoms with Crippen molar-refractivity contribution in [2.45, 2.75) is 0 Å². The Bertz CT molecular complexity index is 925. The maximum Gasteiger partial charge on any atom is 0.337 e. The summed E-state index contributed by atoms with van der Waals surface area (Å²) in [6.45, 7) is 0. The molecule has 0 amide bonds. The lowest BCUT2D eigenvalue weighted by Gasteiger charge is -2.01. The van der Waals surface area contributed by atoms with Crippen molar-refractivity contribution in [3.63, 3.8) is 0 Å². The third kappa shape index (κ3) is 2.85. The molecule has 2 aromatic carbocycles. The third-order valence-electron chi connectivity index (χ3n) is 3.20. The highest BCUT2D eigenvalue weighted by Gasteiger charge is 2.18. The first-order valence-corrected chi connectivity index (χ1v) is 6.66. The van der Waals surface area contributed by atoms with E-state index in [1.807, 2.05) is 0 Å². The SMILES string of the molecule is COC(=O)c1cccc(-c2nnc(-c3cc(F)c(F)cc3F)o2)c1. The van der Waals surface area contributed by atoms with Gasteiger partial charge in [-0.3, -0.25) is 0 Å². The van der Waals surface area contributed by atoms with Crippen LogP contribution in [0.4, 0.5) is 13.2 Å². The van der Waals surface area contributed by atoms with Gasteiger partial charge in [0.1, 0.15) is 5.82 Å². The van der Waals surface area contributed by atoms with Gasteiger partial charge in [0, 0.05) is 11.6 Å². The van der Waals surface area contributed by atoms with E-state index < -0.39 is 23.4 Å². The Morgan fingerprint density at radius 1 is 1.00 bits per heavy atom. The van der Waals surface area contributed by atoms with Gasteiger partial charge in [0.2, 0.25) is 5.89 Å². The predicted molar refractivity (Wildman–Crippen MR) is 76.4 cm³/mol. The summed E-state index contributed by atoms with van der Waals surface area (Å²) in [5.74, 6) is -4.47. The standard InChI is InChI=1S/C16H9F3N2O3/c1-23-16(22)9-4-2-3-8(5-9)14-20-21-15(24-14)10-6-12(18)13(19)7-11(10)17/h2-7H,1H3. The van der Waals surface area contributed by atoms with Crippen molar-refractivity contribution in [3.05, 3.63) is 59.4 Å². The number of methoxy groups -OCH3 is 1. The molecule has 0 bridgehead atoms. The molecule has 1 aromatic heterocycles. The van der Waals surface area contributed by atoms with Crippen LogP contribution in [0.3, 0.4) is 0 Å². The van der Waals surface area contributed by atoms with Gasteiger partial charge in [0.15, 0.2) is 11.6 Å². The van der Waals surface area contributed by atoms with Gasteiger partial charge in [-0.25, -0.2) is 18.0 Å². The summed E-state index contributed by atoms with van der Waals surface area (Å²) in [5.41, 5.74) is 0.283. The fourth-order valence-electron chi connectivity index (χ4n) is 2.03. The van der Waals surface area contributed by atoms with Gasteiger partial charge in [-0.05, 0) is 24.3 Å². The monoisotopic (exact) mass is 334 g/mol. The normalized spacial score (nSPS) is 10.7. The van der Waals surface area contributed by atoms with E-state index in [0.717, 1.165) is 0 Å². The Morgan fingerprint density at radius 2 is 1.71 bits per heavy atom. The van der Waals surface area contributed by atoms with Gasteiger partial charge in [-0.15, -0.1) is 10.2 Å². The van der Waals surface area contributed by atoms with E-state index in [2.05, 4.69) is 14.9 Å². The molecule has 0 fully saturated rings. The fourth-order valence-corrected chi connectivity index (χ4v) is 2.03. The topological polar surface area (TPSA) is 65.2 Å². The number of benzene rings is 2. The lowest BCUT2D eigenvalue weighted by molar-refractivity contribution is 0.0601. The molecular weight excluding hydrogens is 325 g/mol. The second-order valence-corrected chi connectivity index (χ2v) is 4.73. The number of aromatic nitrogens is 2. The van der Waals surface area contributed by atoms with Gasteiger partial charge < -0.3 is 9.15 Å². The molecule has 5 nitrogen and oxygen atoms in total. The number of hydrogen-bond donors (Lipinski definition) is 0. The van der Waals surface area contributed by atoms with Crippen molar-refractivity contribution in [3.8, 4) is 22.9 Å². The van der Waals surface area contributed by atoms with Crippen LogP contribution in [0, 0.1) is 17.5 Å². The van der Waals surface area contributed by atoms with Crippen molar-refractivity contribution in [1.29, 1.82) is 0 Å². The predicted octanol–water partition coefficient (Wildman–Crippen LogP) is 3.61. The Labute approximate surface area is 133 Å². The molecule has 0 atom stereocenters. The van der Waals surface area contributed by atoms with E-state index in [4.69, 9.17) is 4.42 Å². The zero-order chi connectivity index (χ0) is 17.3. The van der Waals surface area contributed by atoms with Crippen LogP contribution in [0.2, 0.25) is 0 Å². The lowest BCUT2D eigenvalue weighted by Crippen LogP contribution is -2.00. The highest BCUT2D eigenvalue weighted by molar-refractivity contribution is 5.90. The minimum Gasteiger partial charge on any atom is -0.465 e. The van der Waals surface area contributed by atoms with Gasteiger partial charge in [-0.2, -0.15) is 0 Å². The molecular formula is C16H9F3N2O3. The quantitative estimate of drug-likeness (QED) is 0.541. The molecule has 3 aromatic rings. The average molecular weight is 334 g/mol. The number of rotatable bonds is 3. The van der Waals surface area contributed by atoms with Crippen molar-refractivity contribution in [2.75, 3.05) is 7.11 Å². The van der Waals surface area contributed by atoms with Crippen LogP contribution in [0.15, 0.2) is 40.8 Å². The Morgan fingerprint density at radius 3 is 2.46 bits per heavy atom. The summed E-state index contributed by atoms with van der Waals surface area (Å²) >= 11 is 0. The summed E-state index contributed by atoms with van der Waals surface area (Å²) in [7, 11) is 1.24. The summed E-state index contributed by atoms with van der Waals surface area (Å²) in [5, 5.41) is 7.36. The van der Waals surface area contributed by atoms with E-state index in [0.29, 0.717) is 17.7 Å². The molecule has 8 heteroatoms. The van der Waals surface area contributed by atoms with Crippen LogP contribution in [0.25, 0.3) is 22.9 Å². The van der Waals surface area contributed by atoms with Crippen molar-refractivity contribution < 1.29 is 27.1 Å². The highest BCUT2D eigenvalue weighted by atomic mass is 19.2. The summed E-state index contributed by atoms with van der Waals surface area (Å²) in [6.07, 6.45) is 0. The van der Waals surface area contributed by atoms with Crippen LogP contribution in [0.1, 0.15) is 10.4 Å². The van der Waals surface area contributed by atoms with Crippen LogP contribution in [-0.2, 0) is 4.74 Å². The molecule has 0 saturated carbocycles. The van der Waals surface area contributed by atoms with E-state index in [-0.39, 0.29) is 22.9 Å². The number of hydrogen-bond acceptors (Lipinski definition) is 5. The molecule has 0 spiro atoms. The minimum atomic E-state index is -1.32. The molecule has 1 heterocycles. The van der Waals surface area contributed by atoms with Crippen LogP contribution in [-0.4, -0.2) is 23.3 Å². The van der Waals surface area contributed by atoms with Gasteiger partial charge in [0.25, 0.3) is 5.89 Å². The molecule has 0 N–H and O–H groups in total. The van der Waals surface area contributed by atoms with Crippen LogP contribution >= 0.6 is 0 Å². The zero-order valence-corrected chi connectivity index (χ0v) is 12.2. The second-order valence-electron chi connectivity index (χ2n) is 4.73. The van der Waals surface area contributed by atoms with Gasteiger partial charge >= 0.3 is 5.97 Å². The highest BCUT2D eigenvalue weighted by Crippen LogP contribution is 2.27. The van der Waals surface area contributed by atoms with E-state index >= 15 is 0 Å². The van der Waals surface area contributed by atoms with Crippen molar-refractivity contribution >= 4 is 5.97 Å². The Hall–Kier alpha value is -3.16. The van der Waals surface area contributed by atoms with E-state index in [9.17, 15) is 18.0 Å². The fraction of sp³-hybridized carbons (Fsp3) is 0.0625. The average Bonchev–Trinajstić information content (AvgIpc) is 3.07. The second kappa shape index (κ2) is 6.15. The number of ether oxygens (including phenoxy) is 1. The maximum atomic E-state index is 13.7. The summed E-state index contributed by atoms with van der Waals surface area (Å²) in [4.78, 5) is 11.5. The van der Waals surface area contributed by atoms with Crippen molar-refractivity contribution in [2.24, 2.45) is 0 Å². The first-order chi connectivity index (χ1) is 11.5. The first kappa shape index (κ1) is 15.7. The Balaban J connectivity index is 2.00. The van der Waals surface area contributed by atoms with Crippen molar-refractivity contribution in [1.82, 2.24) is 10.2 Å². The summed E-state index contributed by atoms with van der Waals surface area (Å²) < 4.78 is 49.9. The molecule has 0 saturated heterocycles. The Kier molecular flexibility index (Phi) is 4.03. The van der Waals surface area contributed by atoms with Gasteiger partial charge in [0.05, 0.1) is 18.2 Å². The van der Waals surface area contributed by atoms with E-state index in [1.165, 1.54) is 19.2 Å². The molecule has 3 rings (SSSR count). The smallest absolute Gasteiger partial charge is 0.337 e. The number of halogens is 3.